The molecule has 1 radical (unpaired) electrons. The van der Waals surface area contributed by atoms with Crippen LogP contribution in [0, 0.1) is 0 Å². The van der Waals surface area contributed by atoms with Gasteiger partial charge in [0.1, 0.15) is 12.2 Å². The number of aliphatic hydroxyl groups excluding tert-OH is 4. The van der Waals surface area contributed by atoms with Crippen LogP contribution >= 0.6 is 0 Å². The third-order valence-electron chi connectivity index (χ3n) is 1.16. The van der Waals surface area contributed by atoms with E-state index in [1.165, 1.54) is 0 Å². The molecule has 0 spiro atoms. The number of aliphatic hydroxyl groups is 4. The summed E-state index contributed by atoms with van der Waals surface area (Å²) in [7, 11) is 0. The fourth-order valence-electron chi connectivity index (χ4n) is 0.465. The van der Waals surface area contributed by atoms with E-state index in [1.807, 2.05) is 0 Å². The van der Waals surface area contributed by atoms with Gasteiger partial charge in [-0.05, 0) is 0 Å². The molecular formula is C5H10KO6. The predicted octanol–water partition coefficient (Wildman–Crippen LogP) is -3.23. The van der Waals surface area contributed by atoms with Crippen molar-refractivity contribution in [3.63, 3.8) is 0 Å². The standard InChI is InChI=1S/C5H10O6.K/c6-1-2(7)3(8)4(9)5(10)11;/h2-4,6-9H,1H2,(H,10,11);/t2-,3-,4+;/m0./s1. The summed E-state index contributed by atoms with van der Waals surface area (Å²) in [5, 5.41) is 42.2. The molecule has 0 bridgehead atoms. The SMILES string of the molecule is O=C(O)[C@H](O)[C@@H](O)[C@@H](O)CO.[K]. The Morgan fingerprint density at radius 1 is 1.25 bits per heavy atom. The Bertz CT molecular complexity index is 140. The molecule has 0 saturated heterocycles. The smallest absolute Gasteiger partial charge is 0.335 e. The molecule has 0 aliphatic heterocycles. The first-order valence-electron chi connectivity index (χ1n) is 2.88. The van der Waals surface area contributed by atoms with E-state index in [0.29, 0.717) is 0 Å². The maximum atomic E-state index is 9.96. The Balaban J connectivity index is 0. The zero-order chi connectivity index (χ0) is 9.02. The van der Waals surface area contributed by atoms with Crippen molar-refractivity contribution >= 4 is 57.4 Å². The molecule has 0 aromatic carbocycles. The summed E-state index contributed by atoms with van der Waals surface area (Å²) in [6, 6.07) is 0. The normalized spacial score (nSPS) is 17.3. The van der Waals surface area contributed by atoms with Crippen LogP contribution in [0.25, 0.3) is 0 Å². The van der Waals surface area contributed by atoms with E-state index in [4.69, 9.17) is 25.5 Å². The molecular weight excluding hydrogens is 195 g/mol. The molecule has 5 N–H and O–H groups in total. The number of carbonyl (C=O) groups is 1. The van der Waals surface area contributed by atoms with E-state index >= 15 is 0 Å². The average molecular weight is 205 g/mol. The Kier molecular flexibility index (Phi) is 9.46. The Morgan fingerprint density at radius 3 is 1.92 bits per heavy atom. The molecule has 7 heteroatoms. The number of rotatable bonds is 4. The summed E-state index contributed by atoms with van der Waals surface area (Å²) in [5.74, 6) is -1.65. The van der Waals surface area contributed by atoms with Crippen molar-refractivity contribution in [2.24, 2.45) is 0 Å². The van der Waals surface area contributed by atoms with Gasteiger partial charge >= 0.3 is 5.97 Å². The van der Waals surface area contributed by atoms with Crippen LogP contribution in [-0.2, 0) is 4.79 Å². The number of carboxylic acids is 1. The fraction of sp³-hybridized carbons (Fsp3) is 0.800. The molecule has 0 fully saturated rings. The Morgan fingerprint density at radius 2 is 1.67 bits per heavy atom. The molecule has 0 unspecified atom stereocenters. The first-order valence-corrected chi connectivity index (χ1v) is 2.88. The van der Waals surface area contributed by atoms with Crippen molar-refractivity contribution in [1.82, 2.24) is 0 Å². The summed E-state index contributed by atoms with van der Waals surface area (Å²) < 4.78 is 0. The zero-order valence-corrected chi connectivity index (χ0v) is 9.71. The van der Waals surface area contributed by atoms with Gasteiger partial charge in [0.2, 0.25) is 0 Å². The number of aliphatic carboxylic acids is 1. The first kappa shape index (κ1) is 15.4. The van der Waals surface area contributed by atoms with Crippen molar-refractivity contribution in [2.45, 2.75) is 18.3 Å². The molecule has 0 aromatic heterocycles. The van der Waals surface area contributed by atoms with E-state index in [1.54, 1.807) is 0 Å². The van der Waals surface area contributed by atoms with Crippen LogP contribution in [0.1, 0.15) is 0 Å². The maximum Gasteiger partial charge on any atom is 0.335 e. The van der Waals surface area contributed by atoms with E-state index in [-0.39, 0.29) is 51.4 Å². The molecule has 6 nitrogen and oxygen atoms in total. The molecule has 12 heavy (non-hydrogen) atoms. The van der Waals surface area contributed by atoms with Crippen LogP contribution in [0.2, 0.25) is 0 Å². The Hall–Kier alpha value is 0.946. The van der Waals surface area contributed by atoms with Gasteiger partial charge in [-0.25, -0.2) is 4.79 Å². The second kappa shape index (κ2) is 7.36. The third-order valence-corrected chi connectivity index (χ3v) is 1.16. The van der Waals surface area contributed by atoms with Crippen molar-refractivity contribution in [3.8, 4) is 0 Å². The van der Waals surface area contributed by atoms with E-state index in [9.17, 15) is 4.79 Å². The zero-order valence-electron chi connectivity index (χ0n) is 6.58. The summed E-state index contributed by atoms with van der Waals surface area (Å²) >= 11 is 0. The van der Waals surface area contributed by atoms with Gasteiger partial charge in [0, 0.05) is 51.4 Å². The van der Waals surface area contributed by atoms with Crippen molar-refractivity contribution < 1.29 is 30.3 Å². The van der Waals surface area contributed by atoms with Crippen LogP contribution in [0.4, 0.5) is 0 Å². The molecule has 67 valence electrons. The van der Waals surface area contributed by atoms with Gasteiger partial charge < -0.3 is 25.5 Å². The molecule has 0 amide bonds. The van der Waals surface area contributed by atoms with Crippen molar-refractivity contribution in [2.75, 3.05) is 6.61 Å². The van der Waals surface area contributed by atoms with Crippen LogP contribution in [0.15, 0.2) is 0 Å². The summed E-state index contributed by atoms with van der Waals surface area (Å²) in [6.45, 7) is -0.800. The van der Waals surface area contributed by atoms with Gasteiger partial charge in [0.05, 0.1) is 6.61 Å². The second-order valence-corrected chi connectivity index (χ2v) is 2.02. The Labute approximate surface area is 111 Å². The van der Waals surface area contributed by atoms with Gasteiger partial charge in [-0.1, -0.05) is 0 Å². The van der Waals surface area contributed by atoms with Gasteiger partial charge in [-0.3, -0.25) is 0 Å². The van der Waals surface area contributed by atoms with Crippen molar-refractivity contribution in [3.05, 3.63) is 0 Å². The van der Waals surface area contributed by atoms with E-state index < -0.39 is 30.9 Å². The summed E-state index contributed by atoms with van der Waals surface area (Å²) in [5.41, 5.74) is 0. The number of hydrogen-bond donors (Lipinski definition) is 5. The van der Waals surface area contributed by atoms with E-state index in [0.717, 1.165) is 0 Å². The maximum absolute atomic E-state index is 9.96. The quantitative estimate of drug-likeness (QED) is 0.308. The van der Waals surface area contributed by atoms with Crippen LogP contribution in [0.3, 0.4) is 0 Å². The molecule has 0 aromatic rings. The minimum Gasteiger partial charge on any atom is -0.479 e. The predicted molar refractivity (Wildman–Crippen MR) is 38.5 cm³/mol. The topological polar surface area (TPSA) is 118 Å². The minimum atomic E-state index is -2.07. The number of hydrogen-bond acceptors (Lipinski definition) is 5. The van der Waals surface area contributed by atoms with Gasteiger partial charge in [0.25, 0.3) is 0 Å². The van der Waals surface area contributed by atoms with Crippen LogP contribution in [0.5, 0.6) is 0 Å². The molecule has 0 aliphatic rings. The summed E-state index contributed by atoms with van der Waals surface area (Å²) in [6.07, 6.45) is -5.57. The molecule has 0 heterocycles. The van der Waals surface area contributed by atoms with E-state index in [2.05, 4.69) is 0 Å². The largest absolute Gasteiger partial charge is 0.479 e. The number of carboxylic acid groups (broad SMARTS) is 1. The van der Waals surface area contributed by atoms with Crippen LogP contribution < -0.4 is 0 Å². The van der Waals surface area contributed by atoms with Gasteiger partial charge in [-0.15, -0.1) is 0 Å². The monoisotopic (exact) mass is 205 g/mol. The van der Waals surface area contributed by atoms with Gasteiger partial charge in [-0.2, -0.15) is 0 Å². The fourth-order valence-corrected chi connectivity index (χ4v) is 0.465. The third kappa shape index (κ3) is 4.85. The second-order valence-electron chi connectivity index (χ2n) is 2.02. The molecule has 0 saturated carbocycles. The van der Waals surface area contributed by atoms with Crippen LogP contribution in [-0.4, -0.2) is 108 Å². The molecule has 0 rings (SSSR count). The van der Waals surface area contributed by atoms with Crippen molar-refractivity contribution in [1.29, 1.82) is 0 Å². The molecule has 3 atom stereocenters. The molecule has 0 aliphatic carbocycles. The van der Waals surface area contributed by atoms with Gasteiger partial charge in [0.15, 0.2) is 6.10 Å². The first-order chi connectivity index (χ1) is 5.00. The summed E-state index contributed by atoms with van der Waals surface area (Å²) in [4.78, 5) is 9.96. The average Bonchev–Trinajstić information content (AvgIpc) is 2.00. The minimum absolute atomic E-state index is 0.